The van der Waals surface area contributed by atoms with Crippen LogP contribution in [0.15, 0.2) is 0 Å². The van der Waals surface area contributed by atoms with E-state index in [2.05, 4.69) is 17.1 Å². The van der Waals surface area contributed by atoms with E-state index in [1.54, 1.807) is 0 Å². The van der Waals surface area contributed by atoms with E-state index in [-0.39, 0.29) is 0 Å². The van der Waals surface area contributed by atoms with E-state index < -0.39 is 5.97 Å². The SMILES string of the molecule is CCCCN1CC(CCC(=O)O)CC(NC2CCCC2)C1. The third-order valence-corrected chi connectivity index (χ3v) is 5.03. The summed E-state index contributed by atoms with van der Waals surface area (Å²) in [7, 11) is 0. The van der Waals surface area contributed by atoms with Crippen molar-refractivity contribution in [2.24, 2.45) is 5.92 Å². The molecule has 2 aliphatic rings. The number of unbranched alkanes of at least 4 members (excludes halogenated alkanes) is 1. The van der Waals surface area contributed by atoms with Crippen LogP contribution in [0, 0.1) is 5.92 Å². The lowest BCUT2D eigenvalue weighted by atomic mass is 9.89. The first-order chi connectivity index (χ1) is 10.2. The molecule has 122 valence electrons. The van der Waals surface area contributed by atoms with E-state index in [1.165, 1.54) is 45.1 Å². The molecule has 1 saturated heterocycles. The van der Waals surface area contributed by atoms with Crippen LogP contribution in [-0.4, -0.2) is 47.7 Å². The Hall–Kier alpha value is -0.610. The highest BCUT2D eigenvalue weighted by Gasteiger charge is 2.29. The molecule has 2 fully saturated rings. The van der Waals surface area contributed by atoms with Gasteiger partial charge in [0.25, 0.3) is 0 Å². The second-order valence-electron chi connectivity index (χ2n) is 6.99. The molecular weight excluding hydrogens is 264 g/mol. The van der Waals surface area contributed by atoms with Crippen LogP contribution in [0.25, 0.3) is 0 Å². The fourth-order valence-electron chi connectivity index (χ4n) is 3.95. The van der Waals surface area contributed by atoms with Crippen LogP contribution in [0.2, 0.25) is 0 Å². The van der Waals surface area contributed by atoms with Gasteiger partial charge in [-0.25, -0.2) is 0 Å². The third-order valence-electron chi connectivity index (χ3n) is 5.03. The van der Waals surface area contributed by atoms with Gasteiger partial charge in [0.05, 0.1) is 0 Å². The van der Waals surface area contributed by atoms with Crippen LogP contribution in [0.1, 0.15) is 64.7 Å². The van der Waals surface area contributed by atoms with Crippen LogP contribution < -0.4 is 5.32 Å². The van der Waals surface area contributed by atoms with Crippen LogP contribution >= 0.6 is 0 Å². The van der Waals surface area contributed by atoms with Gasteiger partial charge in [-0.3, -0.25) is 4.79 Å². The molecule has 2 rings (SSSR count). The topological polar surface area (TPSA) is 52.6 Å². The van der Waals surface area contributed by atoms with Gasteiger partial charge in [-0.2, -0.15) is 0 Å². The lowest BCUT2D eigenvalue weighted by molar-refractivity contribution is -0.137. The second-order valence-corrected chi connectivity index (χ2v) is 6.99. The number of nitrogens with zero attached hydrogens (tertiary/aromatic N) is 1. The Morgan fingerprint density at radius 1 is 1.24 bits per heavy atom. The second kappa shape index (κ2) is 8.74. The minimum absolute atomic E-state index is 0.322. The van der Waals surface area contributed by atoms with Crippen LogP contribution in [0.4, 0.5) is 0 Å². The standard InChI is InChI=1S/C17H32N2O2/c1-2-3-10-19-12-14(8-9-17(20)21)11-16(13-19)18-15-6-4-5-7-15/h14-16,18H,2-13H2,1H3,(H,20,21). The van der Waals surface area contributed by atoms with Gasteiger partial charge in [-0.15, -0.1) is 0 Å². The molecule has 2 atom stereocenters. The number of hydrogen-bond donors (Lipinski definition) is 2. The summed E-state index contributed by atoms with van der Waals surface area (Å²) in [6.45, 7) is 5.65. The van der Waals surface area contributed by atoms with Gasteiger partial charge in [-0.1, -0.05) is 26.2 Å². The molecule has 1 aliphatic carbocycles. The van der Waals surface area contributed by atoms with Gasteiger partial charge in [0.15, 0.2) is 0 Å². The first-order valence-electron chi connectivity index (χ1n) is 8.87. The largest absolute Gasteiger partial charge is 0.481 e. The summed E-state index contributed by atoms with van der Waals surface area (Å²) in [6.07, 6.45) is 10.2. The van der Waals surface area contributed by atoms with E-state index in [4.69, 9.17) is 5.11 Å². The molecule has 4 heteroatoms. The van der Waals surface area contributed by atoms with Gasteiger partial charge in [0.1, 0.15) is 0 Å². The normalized spacial score (nSPS) is 28.0. The number of carbonyl (C=O) groups is 1. The molecule has 0 aromatic carbocycles. The zero-order valence-corrected chi connectivity index (χ0v) is 13.5. The Morgan fingerprint density at radius 3 is 2.67 bits per heavy atom. The summed E-state index contributed by atoms with van der Waals surface area (Å²) in [5, 5.41) is 12.8. The minimum Gasteiger partial charge on any atom is -0.481 e. The maximum Gasteiger partial charge on any atom is 0.303 e. The van der Waals surface area contributed by atoms with Crippen LogP contribution in [0.5, 0.6) is 0 Å². The van der Waals surface area contributed by atoms with Gasteiger partial charge < -0.3 is 15.3 Å². The van der Waals surface area contributed by atoms with Crippen LogP contribution in [-0.2, 0) is 4.79 Å². The summed E-state index contributed by atoms with van der Waals surface area (Å²) < 4.78 is 0. The molecule has 0 radical (unpaired) electrons. The van der Waals surface area contributed by atoms with Crippen molar-refractivity contribution >= 4 is 5.97 Å². The molecule has 1 saturated carbocycles. The summed E-state index contributed by atoms with van der Waals surface area (Å²) in [6, 6.07) is 1.28. The van der Waals surface area contributed by atoms with Crippen molar-refractivity contribution in [2.75, 3.05) is 19.6 Å². The summed E-state index contributed by atoms with van der Waals surface area (Å²) in [5.74, 6) is -0.105. The molecule has 21 heavy (non-hydrogen) atoms. The average molecular weight is 296 g/mol. The Kier molecular flexibility index (Phi) is 6.97. The molecule has 1 aliphatic heterocycles. The molecule has 0 aromatic rings. The first kappa shape index (κ1) is 16.8. The van der Waals surface area contributed by atoms with Gasteiger partial charge in [0, 0.05) is 31.6 Å². The van der Waals surface area contributed by atoms with E-state index in [1.807, 2.05) is 0 Å². The van der Waals surface area contributed by atoms with E-state index in [0.29, 0.717) is 24.4 Å². The predicted molar refractivity (Wildman–Crippen MR) is 85.5 cm³/mol. The fraction of sp³-hybridized carbons (Fsp3) is 0.941. The monoisotopic (exact) mass is 296 g/mol. The highest BCUT2D eigenvalue weighted by molar-refractivity contribution is 5.66. The molecule has 0 spiro atoms. The van der Waals surface area contributed by atoms with Crippen molar-refractivity contribution in [1.29, 1.82) is 0 Å². The number of aliphatic carboxylic acids is 1. The van der Waals surface area contributed by atoms with Crippen molar-refractivity contribution in [3.05, 3.63) is 0 Å². The number of hydrogen-bond acceptors (Lipinski definition) is 3. The van der Waals surface area contributed by atoms with E-state index in [0.717, 1.165) is 25.9 Å². The third kappa shape index (κ3) is 5.95. The van der Waals surface area contributed by atoms with E-state index >= 15 is 0 Å². The van der Waals surface area contributed by atoms with Crippen molar-refractivity contribution in [1.82, 2.24) is 10.2 Å². The van der Waals surface area contributed by atoms with Crippen molar-refractivity contribution in [3.8, 4) is 0 Å². The van der Waals surface area contributed by atoms with Crippen molar-refractivity contribution < 1.29 is 9.90 Å². The zero-order valence-electron chi connectivity index (χ0n) is 13.5. The first-order valence-corrected chi connectivity index (χ1v) is 8.87. The number of carboxylic acid groups (broad SMARTS) is 1. The minimum atomic E-state index is -0.652. The fourth-order valence-corrected chi connectivity index (χ4v) is 3.95. The van der Waals surface area contributed by atoms with Crippen LogP contribution in [0.3, 0.4) is 0 Å². The lowest BCUT2D eigenvalue weighted by Gasteiger charge is -2.39. The Bertz CT molecular complexity index is 316. The quantitative estimate of drug-likeness (QED) is 0.723. The Balaban J connectivity index is 1.83. The van der Waals surface area contributed by atoms with Gasteiger partial charge in [-0.05, 0) is 44.6 Å². The molecular formula is C17H32N2O2. The number of nitrogens with one attached hydrogen (secondary N) is 1. The number of carboxylic acids is 1. The number of likely N-dealkylation sites (tertiary alicyclic amines) is 1. The Morgan fingerprint density at radius 2 is 2.00 bits per heavy atom. The molecule has 0 bridgehead atoms. The summed E-state index contributed by atoms with van der Waals surface area (Å²) in [5.41, 5.74) is 0. The zero-order chi connectivity index (χ0) is 15.1. The maximum atomic E-state index is 10.8. The van der Waals surface area contributed by atoms with E-state index in [9.17, 15) is 4.79 Å². The highest BCUT2D eigenvalue weighted by Crippen LogP contribution is 2.25. The molecule has 4 nitrogen and oxygen atoms in total. The molecule has 0 amide bonds. The van der Waals surface area contributed by atoms with Gasteiger partial charge in [0.2, 0.25) is 0 Å². The maximum absolute atomic E-state index is 10.8. The van der Waals surface area contributed by atoms with Crippen molar-refractivity contribution in [3.63, 3.8) is 0 Å². The van der Waals surface area contributed by atoms with Gasteiger partial charge >= 0.3 is 5.97 Å². The number of piperidine rings is 1. The highest BCUT2D eigenvalue weighted by atomic mass is 16.4. The average Bonchev–Trinajstić information content (AvgIpc) is 2.95. The predicted octanol–water partition coefficient (Wildman–Crippen LogP) is 2.87. The van der Waals surface area contributed by atoms with Crippen molar-refractivity contribution in [2.45, 2.75) is 76.8 Å². The molecule has 2 N–H and O–H groups in total. The lowest BCUT2D eigenvalue weighted by Crippen LogP contribution is -2.51. The molecule has 0 aromatic heterocycles. The number of rotatable bonds is 8. The molecule has 1 heterocycles. The molecule has 2 unspecified atom stereocenters. The summed E-state index contributed by atoms with van der Waals surface area (Å²) >= 11 is 0. The summed E-state index contributed by atoms with van der Waals surface area (Å²) in [4.78, 5) is 13.4. The smallest absolute Gasteiger partial charge is 0.303 e. The Labute approximate surface area is 129 Å².